The Morgan fingerprint density at radius 2 is 1.95 bits per heavy atom. The second-order valence-electron chi connectivity index (χ2n) is 5.66. The molecule has 0 aromatic heterocycles. The van der Waals surface area contributed by atoms with Crippen molar-refractivity contribution < 1.29 is 14.6 Å². The summed E-state index contributed by atoms with van der Waals surface area (Å²) in [7, 11) is 1.88. The molecule has 1 aliphatic heterocycles. The van der Waals surface area contributed by atoms with Gasteiger partial charge in [0.15, 0.2) is 5.78 Å². The van der Waals surface area contributed by atoms with Crippen LogP contribution in [0.25, 0.3) is 0 Å². The summed E-state index contributed by atoms with van der Waals surface area (Å²) in [6.45, 7) is 2.01. The molecular formula is C16H23NO3S. The summed E-state index contributed by atoms with van der Waals surface area (Å²) in [6.07, 6.45) is 3.28. The minimum atomic E-state index is -0.726. The van der Waals surface area contributed by atoms with Gasteiger partial charge in [-0.2, -0.15) is 0 Å². The van der Waals surface area contributed by atoms with Crippen LogP contribution in [0, 0.1) is 0 Å². The third-order valence-electron chi connectivity index (χ3n) is 3.81. The quantitative estimate of drug-likeness (QED) is 0.644. The van der Waals surface area contributed by atoms with Crippen LogP contribution in [0.1, 0.15) is 23.2 Å². The molecule has 0 radical (unpaired) electrons. The molecule has 116 valence electrons. The van der Waals surface area contributed by atoms with Crippen LogP contribution in [0.5, 0.6) is 0 Å². The molecule has 21 heavy (non-hydrogen) atoms. The fourth-order valence-electron chi connectivity index (χ4n) is 2.58. The number of ether oxygens (including phenoxy) is 1. The molecule has 2 rings (SSSR count). The summed E-state index contributed by atoms with van der Waals surface area (Å²) < 4.78 is 5.27. The van der Waals surface area contributed by atoms with Gasteiger partial charge in [0, 0.05) is 43.1 Å². The van der Waals surface area contributed by atoms with Crippen LogP contribution in [0.15, 0.2) is 29.2 Å². The van der Waals surface area contributed by atoms with Gasteiger partial charge in [-0.15, -0.1) is 11.8 Å². The monoisotopic (exact) mass is 309 g/mol. The van der Waals surface area contributed by atoms with Gasteiger partial charge in [-0.25, -0.2) is 0 Å². The highest BCUT2D eigenvalue weighted by Crippen LogP contribution is 2.21. The number of benzene rings is 1. The van der Waals surface area contributed by atoms with Crippen molar-refractivity contribution in [3.05, 3.63) is 29.8 Å². The van der Waals surface area contributed by atoms with Gasteiger partial charge in [-0.3, -0.25) is 9.69 Å². The standard InChI is InChI=1S/C16H23NO3S/c1-17(12-16(19)7-9-20-10-8-16)11-15(18)13-3-5-14(21-2)6-4-13/h3-6,19H,7-12H2,1-2H3. The molecule has 0 amide bonds. The van der Waals surface area contributed by atoms with E-state index in [4.69, 9.17) is 4.74 Å². The van der Waals surface area contributed by atoms with Crippen molar-refractivity contribution in [2.24, 2.45) is 0 Å². The minimum Gasteiger partial charge on any atom is -0.388 e. The number of hydrogen-bond acceptors (Lipinski definition) is 5. The Morgan fingerprint density at radius 3 is 2.52 bits per heavy atom. The molecule has 0 unspecified atom stereocenters. The lowest BCUT2D eigenvalue weighted by atomic mass is 9.94. The van der Waals surface area contributed by atoms with Crippen LogP contribution in [-0.4, -0.2) is 61.0 Å². The smallest absolute Gasteiger partial charge is 0.176 e. The van der Waals surface area contributed by atoms with E-state index in [2.05, 4.69) is 0 Å². The van der Waals surface area contributed by atoms with E-state index in [1.54, 1.807) is 11.8 Å². The van der Waals surface area contributed by atoms with Gasteiger partial charge in [0.2, 0.25) is 0 Å². The number of thioether (sulfide) groups is 1. The first kappa shape index (κ1) is 16.5. The summed E-state index contributed by atoms with van der Waals surface area (Å²) in [5, 5.41) is 10.5. The SMILES string of the molecule is CSc1ccc(C(=O)CN(C)CC2(O)CCOCC2)cc1. The minimum absolute atomic E-state index is 0.0841. The molecule has 0 atom stereocenters. The molecule has 0 aliphatic carbocycles. The Bertz CT molecular complexity index is 469. The molecule has 1 heterocycles. The number of carbonyl (C=O) groups excluding carboxylic acids is 1. The van der Waals surface area contributed by atoms with Crippen molar-refractivity contribution in [2.45, 2.75) is 23.3 Å². The number of aliphatic hydroxyl groups is 1. The largest absolute Gasteiger partial charge is 0.388 e. The maximum Gasteiger partial charge on any atom is 0.176 e. The second-order valence-corrected chi connectivity index (χ2v) is 6.54. The van der Waals surface area contributed by atoms with E-state index in [-0.39, 0.29) is 5.78 Å². The van der Waals surface area contributed by atoms with Gasteiger partial charge in [-0.1, -0.05) is 12.1 Å². The van der Waals surface area contributed by atoms with E-state index in [0.29, 0.717) is 39.1 Å². The van der Waals surface area contributed by atoms with Crippen LogP contribution in [0.4, 0.5) is 0 Å². The Labute approximate surface area is 130 Å². The highest BCUT2D eigenvalue weighted by atomic mass is 32.2. The van der Waals surface area contributed by atoms with Gasteiger partial charge < -0.3 is 9.84 Å². The zero-order valence-electron chi connectivity index (χ0n) is 12.7. The highest BCUT2D eigenvalue weighted by molar-refractivity contribution is 7.98. The van der Waals surface area contributed by atoms with E-state index >= 15 is 0 Å². The number of rotatable bonds is 6. The predicted molar refractivity (Wildman–Crippen MR) is 85.1 cm³/mol. The molecule has 1 aromatic rings. The maximum atomic E-state index is 12.2. The number of Topliss-reactive ketones (excluding diaryl/α,β-unsaturated/α-hetero) is 1. The lowest BCUT2D eigenvalue weighted by Gasteiger charge is -2.35. The highest BCUT2D eigenvalue weighted by Gasteiger charge is 2.31. The molecule has 1 aromatic carbocycles. The normalized spacial score (nSPS) is 17.9. The fraction of sp³-hybridized carbons (Fsp3) is 0.562. The zero-order valence-corrected chi connectivity index (χ0v) is 13.5. The third kappa shape index (κ3) is 4.81. The first-order valence-corrected chi connectivity index (χ1v) is 8.41. The van der Waals surface area contributed by atoms with E-state index in [0.717, 1.165) is 10.5 Å². The molecule has 5 heteroatoms. The molecule has 1 N–H and O–H groups in total. The van der Waals surface area contributed by atoms with Gasteiger partial charge in [-0.05, 0) is 25.4 Å². The number of hydrogen-bond donors (Lipinski definition) is 1. The molecule has 0 saturated carbocycles. The van der Waals surface area contributed by atoms with Crippen molar-refractivity contribution in [2.75, 3.05) is 39.6 Å². The van der Waals surface area contributed by atoms with E-state index in [9.17, 15) is 9.90 Å². The van der Waals surface area contributed by atoms with Gasteiger partial charge in [0.25, 0.3) is 0 Å². The van der Waals surface area contributed by atoms with Crippen LogP contribution in [0.2, 0.25) is 0 Å². The molecule has 4 nitrogen and oxygen atoms in total. The Kier molecular flexibility index (Phi) is 5.81. The Balaban J connectivity index is 1.88. The first-order valence-electron chi connectivity index (χ1n) is 7.18. The van der Waals surface area contributed by atoms with E-state index in [1.165, 1.54) is 0 Å². The summed E-state index contributed by atoms with van der Waals surface area (Å²) in [4.78, 5) is 15.3. The predicted octanol–water partition coefficient (Wildman–Crippen LogP) is 2.06. The van der Waals surface area contributed by atoms with Crippen molar-refractivity contribution in [3.8, 4) is 0 Å². The average Bonchev–Trinajstić information content (AvgIpc) is 2.47. The van der Waals surface area contributed by atoms with Crippen LogP contribution < -0.4 is 0 Å². The number of carbonyl (C=O) groups is 1. The number of ketones is 1. The summed E-state index contributed by atoms with van der Waals surface area (Å²) in [5.74, 6) is 0.0841. The van der Waals surface area contributed by atoms with Gasteiger partial charge in [0.05, 0.1) is 12.1 Å². The lowest BCUT2D eigenvalue weighted by Crippen LogP contribution is -2.46. The van der Waals surface area contributed by atoms with Gasteiger partial charge in [0.1, 0.15) is 0 Å². The van der Waals surface area contributed by atoms with E-state index < -0.39 is 5.60 Å². The lowest BCUT2D eigenvalue weighted by molar-refractivity contribution is -0.0758. The van der Waals surface area contributed by atoms with Crippen LogP contribution in [-0.2, 0) is 4.74 Å². The first-order chi connectivity index (χ1) is 10.0. The zero-order chi connectivity index (χ0) is 15.3. The van der Waals surface area contributed by atoms with Crippen LogP contribution in [0.3, 0.4) is 0 Å². The van der Waals surface area contributed by atoms with Crippen LogP contribution >= 0.6 is 11.8 Å². The second kappa shape index (κ2) is 7.40. The van der Waals surface area contributed by atoms with E-state index in [1.807, 2.05) is 42.5 Å². The molecule has 1 fully saturated rings. The average molecular weight is 309 g/mol. The Morgan fingerprint density at radius 1 is 1.33 bits per heavy atom. The number of nitrogens with zero attached hydrogens (tertiary/aromatic N) is 1. The number of likely N-dealkylation sites (N-methyl/N-ethyl adjacent to an activating group) is 1. The molecular weight excluding hydrogens is 286 g/mol. The molecule has 0 bridgehead atoms. The topological polar surface area (TPSA) is 49.8 Å². The van der Waals surface area contributed by atoms with Gasteiger partial charge >= 0.3 is 0 Å². The molecule has 1 saturated heterocycles. The van der Waals surface area contributed by atoms with Crippen molar-refractivity contribution in [3.63, 3.8) is 0 Å². The molecule has 0 spiro atoms. The summed E-state index contributed by atoms with van der Waals surface area (Å²) in [5.41, 5.74) is -0.00526. The molecule has 1 aliphatic rings. The fourth-order valence-corrected chi connectivity index (χ4v) is 2.99. The third-order valence-corrected chi connectivity index (χ3v) is 4.56. The van der Waals surface area contributed by atoms with Crippen molar-refractivity contribution >= 4 is 17.5 Å². The van der Waals surface area contributed by atoms with Crippen molar-refractivity contribution in [1.82, 2.24) is 4.90 Å². The Hall–Kier alpha value is -0.880. The summed E-state index contributed by atoms with van der Waals surface area (Å²) >= 11 is 1.66. The summed E-state index contributed by atoms with van der Waals surface area (Å²) in [6, 6.07) is 7.66. The van der Waals surface area contributed by atoms with Crippen molar-refractivity contribution in [1.29, 1.82) is 0 Å². The maximum absolute atomic E-state index is 12.2.